The number of rotatable bonds is 6. The highest BCUT2D eigenvalue weighted by atomic mass is 16.2. The van der Waals surface area contributed by atoms with Gasteiger partial charge in [-0.25, -0.2) is 0 Å². The zero-order valence-corrected chi connectivity index (χ0v) is 16.2. The summed E-state index contributed by atoms with van der Waals surface area (Å²) in [6.45, 7) is 7.38. The molecule has 3 aromatic rings. The smallest absolute Gasteiger partial charge is 0.252 e. The molecule has 0 fully saturated rings. The standard InChI is InChI=1S/C23H26N2O2/c1-16(2)12-13-24-23(27)20-14-22(26)25(21-11-7-6-10-19(20)21)15-18-9-5-4-8-17(18)3/h4-11,14,16H,12-13,15H2,1-3H3,(H,24,27). The minimum atomic E-state index is -0.188. The Balaban J connectivity index is 2.01. The molecule has 0 radical (unpaired) electrons. The van der Waals surface area contributed by atoms with Crippen LogP contribution in [0.15, 0.2) is 59.4 Å². The van der Waals surface area contributed by atoms with Crippen molar-refractivity contribution in [2.75, 3.05) is 6.54 Å². The predicted octanol–water partition coefficient (Wildman–Crippen LogP) is 4.13. The van der Waals surface area contributed by atoms with Gasteiger partial charge in [-0.05, 0) is 36.5 Å². The molecule has 3 rings (SSSR count). The normalized spacial score (nSPS) is 11.1. The summed E-state index contributed by atoms with van der Waals surface area (Å²) in [5.41, 5.74) is 3.30. The second-order valence-electron chi connectivity index (χ2n) is 7.36. The van der Waals surface area contributed by atoms with E-state index in [9.17, 15) is 9.59 Å². The summed E-state index contributed by atoms with van der Waals surface area (Å²) in [5.74, 6) is 0.330. The summed E-state index contributed by atoms with van der Waals surface area (Å²) < 4.78 is 1.74. The van der Waals surface area contributed by atoms with Crippen molar-refractivity contribution in [2.45, 2.75) is 33.7 Å². The van der Waals surface area contributed by atoms with Crippen molar-refractivity contribution in [2.24, 2.45) is 5.92 Å². The molecule has 0 bridgehead atoms. The Labute approximate surface area is 159 Å². The lowest BCUT2D eigenvalue weighted by molar-refractivity contribution is 0.0953. The Bertz CT molecular complexity index is 1020. The van der Waals surface area contributed by atoms with Crippen molar-refractivity contribution >= 4 is 16.8 Å². The number of pyridine rings is 1. The zero-order valence-electron chi connectivity index (χ0n) is 16.2. The minimum Gasteiger partial charge on any atom is -0.352 e. The maximum absolute atomic E-state index is 12.8. The molecule has 0 unspecified atom stereocenters. The number of amides is 1. The van der Waals surface area contributed by atoms with Crippen molar-refractivity contribution < 1.29 is 4.79 Å². The average Bonchev–Trinajstić information content (AvgIpc) is 2.65. The molecule has 0 saturated heterocycles. The van der Waals surface area contributed by atoms with Crippen molar-refractivity contribution in [3.05, 3.63) is 81.6 Å². The first-order chi connectivity index (χ1) is 13.0. The van der Waals surface area contributed by atoms with Crippen molar-refractivity contribution in [3.8, 4) is 0 Å². The van der Waals surface area contributed by atoms with E-state index in [1.54, 1.807) is 4.57 Å². The van der Waals surface area contributed by atoms with Gasteiger partial charge in [0.15, 0.2) is 0 Å². The molecule has 0 aliphatic carbocycles. The zero-order chi connectivity index (χ0) is 19.4. The highest BCUT2D eigenvalue weighted by molar-refractivity contribution is 6.06. The summed E-state index contributed by atoms with van der Waals surface area (Å²) in [5, 5.41) is 3.74. The molecule has 0 aliphatic rings. The Morgan fingerprint density at radius 1 is 1.07 bits per heavy atom. The van der Waals surface area contributed by atoms with Crippen molar-refractivity contribution in [1.29, 1.82) is 0 Å². The highest BCUT2D eigenvalue weighted by Crippen LogP contribution is 2.19. The number of fused-ring (bicyclic) bond motifs is 1. The van der Waals surface area contributed by atoms with Gasteiger partial charge in [0, 0.05) is 18.0 Å². The van der Waals surface area contributed by atoms with E-state index in [-0.39, 0.29) is 11.5 Å². The molecule has 0 aliphatic heterocycles. The number of carbonyl (C=O) groups is 1. The quantitative estimate of drug-likeness (QED) is 0.717. The second kappa shape index (κ2) is 8.21. The number of nitrogens with zero attached hydrogens (tertiary/aromatic N) is 1. The second-order valence-corrected chi connectivity index (χ2v) is 7.36. The van der Waals surface area contributed by atoms with Crippen LogP contribution in [-0.2, 0) is 6.54 Å². The van der Waals surface area contributed by atoms with Crippen molar-refractivity contribution in [3.63, 3.8) is 0 Å². The van der Waals surface area contributed by atoms with E-state index >= 15 is 0 Å². The summed E-state index contributed by atoms with van der Waals surface area (Å²) in [4.78, 5) is 25.5. The number of nitrogens with one attached hydrogen (secondary N) is 1. The lowest BCUT2D eigenvalue weighted by Crippen LogP contribution is -2.29. The number of aromatic nitrogens is 1. The molecule has 140 valence electrons. The van der Waals surface area contributed by atoms with Crippen LogP contribution < -0.4 is 10.9 Å². The number of benzene rings is 2. The summed E-state index contributed by atoms with van der Waals surface area (Å²) >= 11 is 0. The van der Waals surface area contributed by atoms with E-state index in [2.05, 4.69) is 19.2 Å². The Kier molecular flexibility index (Phi) is 5.75. The van der Waals surface area contributed by atoms with Gasteiger partial charge in [0.25, 0.3) is 11.5 Å². The summed E-state index contributed by atoms with van der Waals surface area (Å²) in [6, 6.07) is 17.1. The summed E-state index contributed by atoms with van der Waals surface area (Å²) in [7, 11) is 0. The van der Waals surface area contributed by atoms with E-state index in [1.807, 2.05) is 55.5 Å². The number of aryl methyl sites for hydroxylation is 1. The van der Waals surface area contributed by atoms with Gasteiger partial charge >= 0.3 is 0 Å². The van der Waals surface area contributed by atoms with Gasteiger partial charge in [0.2, 0.25) is 0 Å². The van der Waals surface area contributed by atoms with Gasteiger partial charge in [-0.3, -0.25) is 9.59 Å². The molecule has 4 nitrogen and oxygen atoms in total. The topological polar surface area (TPSA) is 51.1 Å². The lowest BCUT2D eigenvalue weighted by Gasteiger charge is -2.15. The third-order valence-electron chi connectivity index (χ3n) is 4.86. The van der Waals surface area contributed by atoms with E-state index in [1.165, 1.54) is 6.07 Å². The van der Waals surface area contributed by atoms with Crippen LogP contribution in [0.2, 0.25) is 0 Å². The Morgan fingerprint density at radius 2 is 1.78 bits per heavy atom. The molecular weight excluding hydrogens is 336 g/mol. The van der Waals surface area contributed by atoms with Crippen molar-refractivity contribution in [1.82, 2.24) is 9.88 Å². The molecule has 0 saturated carbocycles. The van der Waals surface area contributed by atoms with Gasteiger partial charge in [-0.1, -0.05) is 56.3 Å². The monoisotopic (exact) mass is 362 g/mol. The third kappa shape index (κ3) is 4.27. The molecule has 1 amide bonds. The summed E-state index contributed by atoms with van der Waals surface area (Å²) in [6.07, 6.45) is 0.911. The van der Waals surface area contributed by atoms with Gasteiger partial charge in [-0.2, -0.15) is 0 Å². The molecule has 1 aromatic heterocycles. The van der Waals surface area contributed by atoms with Gasteiger partial charge in [0.05, 0.1) is 17.6 Å². The van der Waals surface area contributed by atoms with Crippen LogP contribution in [0.4, 0.5) is 0 Å². The largest absolute Gasteiger partial charge is 0.352 e. The van der Waals surface area contributed by atoms with Crippen LogP contribution in [-0.4, -0.2) is 17.0 Å². The van der Waals surface area contributed by atoms with E-state index in [0.717, 1.165) is 28.5 Å². The fourth-order valence-electron chi connectivity index (χ4n) is 3.21. The maximum atomic E-state index is 12.8. The van der Waals surface area contributed by atoms with Crippen LogP contribution in [0.1, 0.15) is 41.8 Å². The first-order valence-electron chi connectivity index (χ1n) is 9.42. The van der Waals surface area contributed by atoms with Crippen LogP contribution in [0, 0.1) is 12.8 Å². The van der Waals surface area contributed by atoms with E-state index in [0.29, 0.717) is 24.6 Å². The SMILES string of the molecule is Cc1ccccc1Cn1c(=O)cc(C(=O)NCCC(C)C)c2ccccc21. The fourth-order valence-corrected chi connectivity index (χ4v) is 3.21. The van der Waals surface area contributed by atoms with Crippen LogP contribution in [0.25, 0.3) is 10.9 Å². The molecule has 1 heterocycles. The fraction of sp³-hybridized carbons (Fsp3) is 0.304. The minimum absolute atomic E-state index is 0.161. The van der Waals surface area contributed by atoms with Gasteiger partial charge in [-0.15, -0.1) is 0 Å². The lowest BCUT2D eigenvalue weighted by atomic mass is 10.1. The molecule has 0 atom stereocenters. The highest BCUT2D eigenvalue weighted by Gasteiger charge is 2.15. The van der Waals surface area contributed by atoms with Crippen LogP contribution in [0.5, 0.6) is 0 Å². The number of para-hydroxylation sites is 1. The molecule has 2 aromatic carbocycles. The van der Waals surface area contributed by atoms with E-state index in [4.69, 9.17) is 0 Å². The number of hydrogen-bond acceptors (Lipinski definition) is 2. The Morgan fingerprint density at radius 3 is 2.52 bits per heavy atom. The average molecular weight is 362 g/mol. The van der Waals surface area contributed by atoms with E-state index < -0.39 is 0 Å². The molecular formula is C23H26N2O2. The molecule has 27 heavy (non-hydrogen) atoms. The number of hydrogen-bond donors (Lipinski definition) is 1. The first kappa shape index (κ1) is 18.9. The van der Waals surface area contributed by atoms with Crippen LogP contribution in [0.3, 0.4) is 0 Å². The number of carbonyl (C=O) groups excluding carboxylic acids is 1. The third-order valence-corrected chi connectivity index (χ3v) is 4.86. The van der Waals surface area contributed by atoms with Gasteiger partial charge in [0.1, 0.15) is 0 Å². The van der Waals surface area contributed by atoms with Crippen LogP contribution >= 0.6 is 0 Å². The Hall–Kier alpha value is -2.88. The molecule has 0 spiro atoms. The molecule has 4 heteroatoms. The molecule has 1 N–H and O–H groups in total. The maximum Gasteiger partial charge on any atom is 0.252 e. The first-order valence-corrected chi connectivity index (χ1v) is 9.42. The predicted molar refractivity (Wildman–Crippen MR) is 110 cm³/mol. The van der Waals surface area contributed by atoms with Gasteiger partial charge < -0.3 is 9.88 Å².